The van der Waals surface area contributed by atoms with E-state index in [4.69, 9.17) is 9.47 Å². The van der Waals surface area contributed by atoms with Gasteiger partial charge < -0.3 is 19.7 Å². The van der Waals surface area contributed by atoms with Gasteiger partial charge in [0.15, 0.2) is 0 Å². The molecule has 1 aliphatic heterocycles. The summed E-state index contributed by atoms with van der Waals surface area (Å²) in [5.74, 6) is 2.63. The SMILES string of the molecule is COc1cccc(C(=O)NCCOc2cc(N3CCCCC3)nc(C)n2)c1. The summed E-state index contributed by atoms with van der Waals surface area (Å²) < 4.78 is 10.9. The first-order valence-electron chi connectivity index (χ1n) is 9.31. The summed E-state index contributed by atoms with van der Waals surface area (Å²) >= 11 is 0. The Morgan fingerprint density at radius 2 is 2.00 bits per heavy atom. The van der Waals surface area contributed by atoms with Crippen molar-refractivity contribution in [1.82, 2.24) is 15.3 Å². The maximum absolute atomic E-state index is 12.2. The molecule has 144 valence electrons. The Balaban J connectivity index is 1.51. The van der Waals surface area contributed by atoms with Crippen LogP contribution in [0.1, 0.15) is 35.4 Å². The predicted octanol–water partition coefficient (Wildman–Crippen LogP) is 2.59. The lowest BCUT2D eigenvalue weighted by molar-refractivity contribution is 0.0946. The quantitative estimate of drug-likeness (QED) is 0.755. The second-order valence-electron chi connectivity index (χ2n) is 6.50. The molecule has 1 aromatic carbocycles. The number of hydrogen-bond acceptors (Lipinski definition) is 6. The average molecular weight is 370 g/mol. The molecule has 1 aromatic heterocycles. The molecule has 27 heavy (non-hydrogen) atoms. The number of methoxy groups -OCH3 is 1. The van der Waals surface area contributed by atoms with Crippen molar-refractivity contribution in [3.05, 3.63) is 41.7 Å². The Bertz CT molecular complexity index is 776. The Morgan fingerprint density at radius 3 is 2.78 bits per heavy atom. The van der Waals surface area contributed by atoms with Crippen LogP contribution < -0.4 is 19.7 Å². The third kappa shape index (κ3) is 5.32. The number of ether oxygens (including phenoxy) is 2. The number of rotatable bonds is 7. The van der Waals surface area contributed by atoms with E-state index in [1.807, 2.05) is 13.0 Å². The molecule has 0 aliphatic carbocycles. The molecule has 2 heterocycles. The summed E-state index contributed by atoms with van der Waals surface area (Å²) in [6.45, 7) is 4.63. The molecule has 2 aromatic rings. The van der Waals surface area contributed by atoms with E-state index in [9.17, 15) is 4.79 Å². The summed E-state index contributed by atoms with van der Waals surface area (Å²) in [6, 6.07) is 8.92. The second-order valence-corrected chi connectivity index (χ2v) is 6.50. The van der Waals surface area contributed by atoms with Crippen LogP contribution in [0, 0.1) is 6.92 Å². The van der Waals surface area contributed by atoms with Crippen molar-refractivity contribution in [2.75, 3.05) is 38.3 Å². The molecule has 7 heteroatoms. The molecule has 0 saturated carbocycles. The van der Waals surface area contributed by atoms with Gasteiger partial charge in [-0.15, -0.1) is 0 Å². The smallest absolute Gasteiger partial charge is 0.251 e. The van der Waals surface area contributed by atoms with Crippen LogP contribution in [-0.2, 0) is 0 Å². The Kier molecular flexibility index (Phi) is 6.46. The lowest BCUT2D eigenvalue weighted by Gasteiger charge is -2.28. The monoisotopic (exact) mass is 370 g/mol. The molecule has 0 bridgehead atoms. The molecule has 0 unspecified atom stereocenters. The van der Waals surface area contributed by atoms with E-state index in [1.54, 1.807) is 31.4 Å². The van der Waals surface area contributed by atoms with Crippen molar-refractivity contribution in [3.63, 3.8) is 0 Å². The van der Waals surface area contributed by atoms with E-state index in [-0.39, 0.29) is 5.91 Å². The van der Waals surface area contributed by atoms with Crippen LogP contribution in [0.5, 0.6) is 11.6 Å². The second kappa shape index (κ2) is 9.21. The number of aromatic nitrogens is 2. The lowest BCUT2D eigenvalue weighted by atomic mass is 10.1. The van der Waals surface area contributed by atoms with E-state index >= 15 is 0 Å². The van der Waals surface area contributed by atoms with Crippen molar-refractivity contribution in [3.8, 4) is 11.6 Å². The Hall–Kier alpha value is -2.83. The number of aryl methyl sites for hydroxylation is 1. The minimum Gasteiger partial charge on any atom is -0.497 e. The van der Waals surface area contributed by atoms with Crippen LogP contribution in [-0.4, -0.2) is 49.2 Å². The molecular weight excluding hydrogens is 344 g/mol. The Morgan fingerprint density at radius 1 is 1.19 bits per heavy atom. The van der Waals surface area contributed by atoms with E-state index < -0.39 is 0 Å². The number of nitrogens with zero attached hydrogens (tertiary/aromatic N) is 3. The topological polar surface area (TPSA) is 76.6 Å². The van der Waals surface area contributed by atoms with Gasteiger partial charge in [-0.05, 0) is 44.4 Å². The molecule has 7 nitrogen and oxygen atoms in total. The van der Waals surface area contributed by atoms with E-state index in [0.717, 1.165) is 18.9 Å². The first kappa shape index (κ1) is 18.9. The molecule has 0 atom stereocenters. The van der Waals surface area contributed by atoms with Gasteiger partial charge in [0.25, 0.3) is 5.91 Å². The molecule has 0 spiro atoms. The zero-order chi connectivity index (χ0) is 19.1. The summed E-state index contributed by atoms with van der Waals surface area (Å²) in [6.07, 6.45) is 3.65. The van der Waals surface area contributed by atoms with E-state index in [0.29, 0.717) is 36.2 Å². The highest BCUT2D eigenvalue weighted by atomic mass is 16.5. The van der Waals surface area contributed by atoms with Gasteiger partial charge in [0, 0.05) is 24.7 Å². The predicted molar refractivity (Wildman–Crippen MR) is 104 cm³/mol. The lowest BCUT2D eigenvalue weighted by Crippen LogP contribution is -2.30. The van der Waals surface area contributed by atoms with E-state index in [2.05, 4.69) is 20.2 Å². The number of hydrogen-bond donors (Lipinski definition) is 1. The number of carbonyl (C=O) groups excluding carboxylic acids is 1. The fourth-order valence-corrected chi connectivity index (χ4v) is 3.07. The third-order valence-corrected chi connectivity index (χ3v) is 4.45. The fourth-order valence-electron chi connectivity index (χ4n) is 3.07. The molecule has 1 saturated heterocycles. The molecule has 1 N–H and O–H groups in total. The van der Waals surface area contributed by atoms with Gasteiger partial charge in [-0.25, -0.2) is 4.98 Å². The number of piperidine rings is 1. The van der Waals surface area contributed by atoms with Gasteiger partial charge in [-0.1, -0.05) is 6.07 Å². The highest BCUT2D eigenvalue weighted by molar-refractivity contribution is 5.94. The minimum absolute atomic E-state index is 0.162. The van der Waals surface area contributed by atoms with Crippen molar-refractivity contribution in [2.45, 2.75) is 26.2 Å². The van der Waals surface area contributed by atoms with Crippen LogP contribution in [0.4, 0.5) is 5.82 Å². The largest absolute Gasteiger partial charge is 0.497 e. The van der Waals surface area contributed by atoms with Gasteiger partial charge in [0.05, 0.1) is 13.7 Å². The molecule has 1 aliphatic rings. The highest BCUT2D eigenvalue weighted by Gasteiger charge is 2.14. The summed E-state index contributed by atoms with van der Waals surface area (Å²) in [5.41, 5.74) is 0.555. The van der Waals surface area contributed by atoms with Gasteiger partial charge in [-0.3, -0.25) is 4.79 Å². The van der Waals surface area contributed by atoms with Gasteiger partial charge in [0.1, 0.15) is 24.0 Å². The van der Waals surface area contributed by atoms with Crippen LogP contribution >= 0.6 is 0 Å². The molecular formula is C20H26N4O3. The minimum atomic E-state index is -0.162. The van der Waals surface area contributed by atoms with Gasteiger partial charge >= 0.3 is 0 Å². The van der Waals surface area contributed by atoms with Crippen LogP contribution in [0.15, 0.2) is 30.3 Å². The maximum atomic E-state index is 12.2. The number of amides is 1. The third-order valence-electron chi connectivity index (χ3n) is 4.45. The highest BCUT2D eigenvalue weighted by Crippen LogP contribution is 2.21. The van der Waals surface area contributed by atoms with E-state index in [1.165, 1.54) is 19.3 Å². The number of nitrogens with one attached hydrogen (secondary N) is 1. The molecule has 1 amide bonds. The number of benzene rings is 1. The summed E-state index contributed by atoms with van der Waals surface area (Å²) in [5, 5.41) is 2.84. The summed E-state index contributed by atoms with van der Waals surface area (Å²) in [4.78, 5) is 23.3. The number of anilines is 1. The van der Waals surface area contributed by atoms with Crippen LogP contribution in [0.3, 0.4) is 0 Å². The van der Waals surface area contributed by atoms with Crippen molar-refractivity contribution in [1.29, 1.82) is 0 Å². The van der Waals surface area contributed by atoms with Gasteiger partial charge in [0.2, 0.25) is 5.88 Å². The van der Waals surface area contributed by atoms with Crippen LogP contribution in [0.25, 0.3) is 0 Å². The maximum Gasteiger partial charge on any atom is 0.251 e. The fraction of sp³-hybridized carbons (Fsp3) is 0.450. The summed E-state index contributed by atoms with van der Waals surface area (Å²) in [7, 11) is 1.58. The zero-order valence-electron chi connectivity index (χ0n) is 15.9. The van der Waals surface area contributed by atoms with Crippen LogP contribution in [0.2, 0.25) is 0 Å². The molecule has 3 rings (SSSR count). The van der Waals surface area contributed by atoms with Crippen molar-refractivity contribution in [2.24, 2.45) is 0 Å². The molecule has 1 fully saturated rings. The molecule has 0 radical (unpaired) electrons. The zero-order valence-corrected chi connectivity index (χ0v) is 15.9. The number of carbonyl (C=O) groups is 1. The van der Waals surface area contributed by atoms with Gasteiger partial charge in [-0.2, -0.15) is 4.98 Å². The van der Waals surface area contributed by atoms with Crippen molar-refractivity contribution >= 4 is 11.7 Å². The average Bonchev–Trinajstić information content (AvgIpc) is 2.71. The van der Waals surface area contributed by atoms with Crippen molar-refractivity contribution < 1.29 is 14.3 Å². The first-order valence-corrected chi connectivity index (χ1v) is 9.31. The first-order chi connectivity index (χ1) is 13.2. The standard InChI is InChI=1S/C20H26N4O3/c1-15-22-18(24-10-4-3-5-11-24)14-19(23-15)27-12-9-21-20(25)16-7-6-8-17(13-16)26-2/h6-8,13-14H,3-5,9-12H2,1-2H3,(H,21,25). The Labute approximate surface area is 159 Å². The normalized spacial score (nSPS) is 13.9.